The van der Waals surface area contributed by atoms with Gasteiger partial charge in [0.15, 0.2) is 0 Å². The summed E-state index contributed by atoms with van der Waals surface area (Å²) in [4.78, 5) is 22.7. The van der Waals surface area contributed by atoms with Gasteiger partial charge in [-0.3, -0.25) is 4.79 Å². The molecule has 1 amide bonds. The molecule has 0 saturated carbocycles. The summed E-state index contributed by atoms with van der Waals surface area (Å²) in [6.07, 6.45) is 0. The summed E-state index contributed by atoms with van der Waals surface area (Å²) in [6, 6.07) is 2.93. The Balaban J connectivity index is 2.91. The minimum absolute atomic E-state index is 0.176. The third kappa shape index (κ3) is 3.53. The Morgan fingerprint density at radius 2 is 2.00 bits per heavy atom. The van der Waals surface area contributed by atoms with E-state index in [2.05, 4.69) is 21.2 Å². The van der Waals surface area contributed by atoms with E-state index in [1.54, 1.807) is 13.8 Å². The van der Waals surface area contributed by atoms with Crippen molar-refractivity contribution in [2.24, 2.45) is 5.92 Å². The van der Waals surface area contributed by atoms with Gasteiger partial charge in [0.1, 0.15) is 11.9 Å². The quantitative estimate of drug-likeness (QED) is 0.896. The van der Waals surface area contributed by atoms with Crippen LogP contribution in [0.25, 0.3) is 0 Å². The summed E-state index contributed by atoms with van der Waals surface area (Å²) in [5.41, 5.74) is -0.176. The van der Waals surface area contributed by atoms with Gasteiger partial charge in [0.25, 0.3) is 5.91 Å². The molecule has 1 unspecified atom stereocenters. The smallest absolute Gasteiger partial charge is 0.326 e. The van der Waals surface area contributed by atoms with Crippen LogP contribution in [0.3, 0.4) is 0 Å². The van der Waals surface area contributed by atoms with E-state index in [9.17, 15) is 14.0 Å². The van der Waals surface area contributed by atoms with Crippen LogP contribution in [0.2, 0.25) is 0 Å². The lowest BCUT2D eigenvalue weighted by Crippen LogP contribution is -2.44. The lowest BCUT2D eigenvalue weighted by molar-refractivity contribution is -0.140. The van der Waals surface area contributed by atoms with Gasteiger partial charge in [0, 0.05) is 4.47 Å². The average molecular weight is 318 g/mol. The van der Waals surface area contributed by atoms with Crippen LogP contribution in [0.4, 0.5) is 4.39 Å². The number of carboxylic acids is 1. The molecule has 1 aromatic carbocycles. The Morgan fingerprint density at radius 3 is 2.44 bits per heavy atom. The van der Waals surface area contributed by atoms with Crippen molar-refractivity contribution < 1.29 is 19.1 Å². The first kappa shape index (κ1) is 14.6. The number of benzene rings is 1. The highest BCUT2D eigenvalue weighted by Gasteiger charge is 2.25. The van der Waals surface area contributed by atoms with Crippen molar-refractivity contribution in [3.8, 4) is 0 Å². The third-order valence-corrected chi connectivity index (χ3v) is 2.89. The van der Waals surface area contributed by atoms with Gasteiger partial charge < -0.3 is 10.4 Å². The van der Waals surface area contributed by atoms with E-state index >= 15 is 0 Å². The maximum atomic E-state index is 13.5. The predicted octanol–water partition coefficient (Wildman–Crippen LogP) is 2.43. The zero-order valence-corrected chi connectivity index (χ0v) is 11.5. The second-order valence-corrected chi connectivity index (χ2v) is 5.07. The van der Waals surface area contributed by atoms with Crippen LogP contribution in [0, 0.1) is 11.7 Å². The molecule has 1 aromatic rings. The number of carboxylic acid groups (broad SMARTS) is 1. The van der Waals surface area contributed by atoms with E-state index in [-0.39, 0.29) is 11.5 Å². The standard InChI is InChI=1S/C12H13BrFNO3/c1-6(2)10(12(17)18)15-11(16)8-4-3-7(13)5-9(8)14/h3-6,10H,1-2H3,(H,15,16)(H,17,18). The molecule has 0 aromatic heterocycles. The van der Waals surface area contributed by atoms with Crippen LogP contribution in [0.5, 0.6) is 0 Å². The number of hydrogen-bond donors (Lipinski definition) is 2. The molecule has 0 saturated heterocycles. The monoisotopic (exact) mass is 317 g/mol. The molecule has 4 nitrogen and oxygen atoms in total. The second-order valence-electron chi connectivity index (χ2n) is 4.16. The van der Waals surface area contributed by atoms with Gasteiger partial charge in [-0.05, 0) is 24.1 Å². The fourth-order valence-corrected chi connectivity index (χ4v) is 1.74. The van der Waals surface area contributed by atoms with Gasteiger partial charge in [-0.2, -0.15) is 0 Å². The average Bonchev–Trinajstić information content (AvgIpc) is 2.24. The van der Waals surface area contributed by atoms with Gasteiger partial charge in [0.05, 0.1) is 5.56 Å². The van der Waals surface area contributed by atoms with E-state index < -0.39 is 23.7 Å². The van der Waals surface area contributed by atoms with Crippen LogP contribution < -0.4 is 5.32 Å². The summed E-state index contributed by atoms with van der Waals surface area (Å²) < 4.78 is 14.0. The van der Waals surface area contributed by atoms with Crippen LogP contribution in [-0.2, 0) is 4.79 Å². The fourth-order valence-electron chi connectivity index (χ4n) is 1.41. The van der Waals surface area contributed by atoms with Crippen LogP contribution in [0.15, 0.2) is 22.7 Å². The zero-order valence-electron chi connectivity index (χ0n) is 9.91. The summed E-state index contributed by atoms with van der Waals surface area (Å²) in [5.74, 6) is -2.86. The maximum absolute atomic E-state index is 13.5. The Hall–Kier alpha value is -1.43. The lowest BCUT2D eigenvalue weighted by atomic mass is 10.0. The molecule has 6 heteroatoms. The summed E-state index contributed by atoms with van der Waals surface area (Å²) in [6.45, 7) is 3.33. The highest BCUT2D eigenvalue weighted by Crippen LogP contribution is 2.15. The van der Waals surface area contributed by atoms with E-state index in [0.29, 0.717) is 4.47 Å². The third-order valence-electron chi connectivity index (χ3n) is 2.40. The molecule has 18 heavy (non-hydrogen) atoms. The molecule has 0 aliphatic carbocycles. The molecule has 2 N–H and O–H groups in total. The summed E-state index contributed by atoms with van der Waals surface area (Å²) in [7, 11) is 0. The number of amides is 1. The minimum atomic E-state index is -1.14. The summed E-state index contributed by atoms with van der Waals surface area (Å²) >= 11 is 3.08. The van der Waals surface area contributed by atoms with Crippen LogP contribution in [-0.4, -0.2) is 23.0 Å². The normalized spacial score (nSPS) is 12.3. The van der Waals surface area contributed by atoms with Gasteiger partial charge in [-0.25, -0.2) is 9.18 Å². The molecule has 0 spiro atoms. The van der Waals surface area contributed by atoms with Gasteiger partial charge >= 0.3 is 5.97 Å². The van der Waals surface area contributed by atoms with E-state index in [4.69, 9.17) is 5.11 Å². The molecular weight excluding hydrogens is 305 g/mol. The Labute approximate surface area is 112 Å². The highest BCUT2D eigenvalue weighted by molar-refractivity contribution is 9.10. The van der Waals surface area contributed by atoms with Gasteiger partial charge in [-0.15, -0.1) is 0 Å². The van der Waals surface area contributed by atoms with Crippen molar-refractivity contribution in [3.63, 3.8) is 0 Å². The first-order chi connectivity index (χ1) is 8.32. The Kier molecular flexibility index (Phi) is 4.84. The largest absolute Gasteiger partial charge is 0.480 e. The highest BCUT2D eigenvalue weighted by atomic mass is 79.9. The van der Waals surface area contributed by atoms with E-state index in [1.807, 2.05) is 0 Å². The minimum Gasteiger partial charge on any atom is -0.480 e. The first-order valence-corrected chi connectivity index (χ1v) is 6.11. The lowest BCUT2D eigenvalue weighted by Gasteiger charge is -2.18. The molecule has 0 heterocycles. The number of halogens is 2. The number of carbonyl (C=O) groups excluding carboxylic acids is 1. The molecule has 0 fully saturated rings. The number of nitrogens with one attached hydrogen (secondary N) is 1. The first-order valence-electron chi connectivity index (χ1n) is 5.31. The topological polar surface area (TPSA) is 66.4 Å². The van der Waals surface area contributed by atoms with Crippen molar-refractivity contribution >= 4 is 27.8 Å². The number of rotatable bonds is 4. The Morgan fingerprint density at radius 1 is 1.39 bits per heavy atom. The van der Waals surface area contributed by atoms with Gasteiger partial charge in [-0.1, -0.05) is 29.8 Å². The molecule has 0 bridgehead atoms. The SMILES string of the molecule is CC(C)C(NC(=O)c1ccc(Br)cc1F)C(=O)O. The second kappa shape index (κ2) is 5.95. The molecule has 1 atom stereocenters. The zero-order chi connectivity index (χ0) is 13.9. The molecule has 0 radical (unpaired) electrons. The molecule has 0 aliphatic rings. The molecule has 1 rings (SSSR count). The van der Waals surface area contributed by atoms with Crippen molar-refractivity contribution in [3.05, 3.63) is 34.1 Å². The van der Waals surface area contributed by atoms with Crippen molar-refractivity contribution in [2.45, 2.75) is 19.9 Å². The van der Waals surface area contributed by atoms with E-state index in [1.165, 1.54) is 12.1 Å². The Bertz CT molecular complexity index is 476. The van der Waals surface area contributed by atoms with Gasteiger partial charge in [0.2, 0.25) is 0 Å². The number of hydrogen-bond acceptors (Lipinski definition) is 2. The molecule has 0 aliphatic heterocycles. The number of carbonyl (C=O) groups is 2. The number of aliphatic carboxylic acids is 1. The van der Waals surface area contributed by atoms with Crippen LogP contribution in [0.1, 0.15) is 24.2 Å². The van der Waals surface area contributed by atoms with Crippen molar-refractivity contribution in [2.75, 3.05) is 0 Å². The molecular formula is C12H13BrFNO3. The fraction of sp³-hybridized carbons (Fsp3) is 0.333. The summed E-state index contributed by atoms with van der Waals surface area (Å²) in [5, 5.41) is 11.2. The predicted molar refractivity (Wildman–Crippen MR) is 67.8 cm³/mol. The van der Waals surface area contributed by atoms with Crippen molar-refractivity contribution in [1.29, 1.82) is 0 Å². The van der Waals surface area contributed by atoms with E-state index in [0.717, 1.165) is 6.07 Å². The molecule has 98 valence electrons. The van der Waals surface area contributed by atoms with Crippen molar-refractivity contribution in [1.82, 2.24) is 5.32 Å². The van der Waals surface area contributed by atoms with Crippen LogP contribution >= 0.6 is 15.9 Å². The maximum Gasteiger partial charge on any atom is 0.326 e.